The Balaban J connectivity index is 1.79. The fourth-order valence-corrected chi connectivity index (χ4v) is 3.35. The highest BCUT2D eigenvalue weighted by molar-refractivity contribution is 5.79. The predicted molar refractivity (Wildman–Crippen MR) is 96.3 cm³/mol. The van der Waals surface area contributed by atoms with E-state index in [2.05, 4.69) is 15.3 Å². The molecule has 0 unspecified atom stereocenters. The van der Waals surface area contributed by atoms with E-state index in [-0.39, 0.29) is 11.7 Å². The van der Waals surface area contributed by atoms with E-state index in [0.29, 0.717) is 19.0 Å². The van der Waals surface area contributed by atoms with Crippen LogP contribution in [0.2, 0.25) is 0 Å². The number of imidazole rings is 1. The van der Waals surface area contributed by atoms with Gasteiger partial charge in [0.1, 0.15) is 5.82 Å². The van der Waals surface area contributed by atoms with Gasteiger partial charge in [-0.3, -0.25) is 14.1 Å². The Morgan fingerprint density at radius 2 is 2.04 bits per heavy atom. The van der Waals surface area contributed by atoms with Crippen molar-refractivity contribution in [3.8, 4) is 0 Å². The van der Waals surface area contributed by atoms with Crippen molar-refractivity contribution in [2.45, 2.75) is 25.8 Å². The van der Waals surface area contributed by atoms with Crippen molar-refractivity contribution < 1.29 is 4.74 Å². The topological polar surface area (TPSA) is 74.0 Å². The number of pyridine rings is 2. The fraction of sp³-hybridized carbons (Fsp3) is 0.389. The fourth-order valence-electron chi connectivity index (χ4n) is 3.35. The predicted octanol–water partition coefficient (Wildman–Crippen LogP) is 2.53. The van der Waals surface area contributed by atoms with Gasteiger partial charge in [0.05, 0.1) is 29.1 Å². The number of aryl methyl sites for hydroxylation is 2. The number of hydrogen-bond donors (Lipinski definition) is 1. The summed E-state index contributed by atoms with van der Waals surface area (Å²) in [4.78, 5) is 21.4. The average Bonchev–Trinajstić information content (AvgIpc) is 2.88. The number of fused-ring (bicyclic) bond motifs is 1. The summed E-state index contributed by atoms with van der Waals surface area (Å²) in [6.07, 6.45) is 6.99. The van der Waals surface area contributed by atoms with Crippen molar-refractivity contribution in [2.24, 2.45) is 7.05 Å². The van der Waals surface area contributed by atoms with Crippen molar-refractivity contribution in [2.75, 3.05) is 18.5 Å². The standard InChI is InChI=1S/C18H21N5O2/c1-12-3-6-19-10-14(12)21-17-9-15-16(11-20-17)22(2)18(24)23(15)13-4-7-25-8-5-13/h3,6,9-11,13H,4-5,7-8H2,1-2H3,(H,20,21). The lowest BCUT2D eigenvalue weighted by molar-refractivity contribution is 0.0696. The van der Waals surface area contributed by atoms with Crippen molar-refractivity contribution >= 4 is 22.5 Å². The zero-order valence-electron chi connectivity index (χ0n) is 14.4. The molecule has 3 aromatic rings. The van der Waals surface area contributed by atoms with Crippen LogP contribution < -0.4 is 11.0 Å². The molecular weight excluding hydrogens is 318 g/mol. The summed E-state index contributed by atoms with van der Waals surface area (Å²) in [5.74, 6) is 0.704. The molecule has 1 aliphatic rings. The summed E-state index contributed by atoms with van der Waals surface area (Å²) >= 11 is 0. The number of hydrogen-bond acceptors (Lipinski definition) is 5. The molecule has 0 bridgehead atoms. The average molecular weight is 339 g/mol. The van der Waals surface area contributed by atoms with Crippen LogP contribution in [0.5, 0.6) is 0 Å². The third kappa shape index (κ3) is 2.80. The highest BCUT2D eigenvalue weighted by atomic mass is 16.5. The van der Waals surface area contributed by atoms with Gasteiger partial charge in [0.2, 0.25) is 0 Å². The van der Waals surface area contributed by atoms with Crippen LogP contribution in [0.25, 0.3) is 11.0 Å². The summed E-state index contributed by atoms with van der Waals surface area (Å²) in [5, 5.41) is 3.30. The van der Waals surface area contributed by atoms with E-state index in [1.807, 2.05) is 23.6 Å². The molecule has 7 nitrogen and oxygen atoms in total. The molecule has 0 spiro atoms. The van der Waals surface area contributed by atoms with E-state index in [4.69, 9.17) is 4.74 Å². The minimum atomic E-state index is -0.00147. The first-order valence-corrected chi connectivity index (χ1v) is 8.47. The quantitative estimate of drug-likeness (QED) is 0.794. The molecule has 0 aliphatic carbocycles. The van der Waals surface area contributed by atoms with Crippen LogP contribution in [0.1, 0.15) is 24.4 Å². The second-order valence-corrected chi connectivity index (χ2v) is 6.43. The van der Waals surface area contributed by atoms with Gasteiger partial charge in [0.25, 0.3) is 0 Å². The molecule has 0 radical (unpaired) electrons. The Morgan fingerprint density at radius 1 is 1.24 bits per heavy atom. The lowest BCUT2D eigenvalue weighted by atomic mass is 10.1. The van der Waals surface area contributed by atoms with Gasteiger partial charge in [-0.25, -0.2) is 9.78 Å². The smallest absolute Gasteiger partial charge is 0.329 e. The molecule has 0 atom stereocenters. The second kappa shape index (κ2) is 6.33. The minimum Gasteiger partial charge on any atom is -0.381 e. The van der Waals surface area contributed by atoms with Gasteiger partial charge in [-0.1, -0.05) is 0 Å². The van der Waals surface area contributed by atoms with E-state index in [0.717, 1.165) is 35.1 Å². The number of rotatable bonds is 3. The number of aromatic nitrogens is 4. The first kappa shape index (κ1) is 15.8. The maximum Gasteiger partial charge on any atom is 0.329 e. The maximum absolute atomic E-state index is 12.7. The molecule has 0 amide bonds. The SMILES string of the molecule is Cc1ccncc1Nc1cc2c(cn1)n(C)c(=O)n2C1CCOCC1. The van der Waals surface area contributed by atoms with Crippen LogP contribution in [0.3, 0.4) is 0 Å². The minimum absolute atomic E-state index is 0.00147. The lowest BCUT2D eigenvalue weighted by Crippen LogP contribution is -2.29. The third-order valence-electron chi connectivity index (χ3n) is 4.83. The van der Waals surface area contributed by atoms with Gasteiger partial charge < -0.3 is 10.1 Å². The van der Waals surface area contributed by atoms with Gasteiger partial charge in [-0.2, -0.15) is 0 Å². The summed E-state index contributed by atoms with van der Waals surface area (Å²) in [5.41, 5.74) is 3.74. The molecule has 0 saturated carbocycles. The van der Waals surface area contributed by atoms with E-state index < -0.39 is 0 Å². The Bertz CT molecular complexity index is 969. The number of ether oxygens (including phenoxy) is 1. The van der Waals surface area contributed by atoms with Crippen molar-refractivity contribution in [1.82, 2.24) is 19.1 Å². The van der Waals surface area contributed by atoms with E-state index in [1.165, 1.54) is 0 Å². The van der Waals surface area contributed by atoms with Gasteiger partial charge in [0.15, 0.2) is 0 Å². The molecular formula is C18H21N5O2. The Morgan fingerprint density at radius 3 is 2.80 bits per heavy atom. The zero-order valence-corrected chi connectivity index (χ0v) is 14.4. The van der Waals surface area contributed by atoms with Gasteiger partial charge >= 0.3 is 5.69 Å². The van der Waals surface area contributed by atoms with Crippen LogP contribution in [0, 0.1) is 6.92 Å². The highest BCUT2D eigenvalue weighted by Gasteiger charge is 2.22. The monoisotopic (exact) mass is 339 g/mol. The molecule has 1 fully saturated rings. The molecule has 4 rings (SSSR count). The first-order chi connectivity index (χ1) is 12.1. The largest absolute Gasteiger partial charge is 0.381 e. The lowest BCUT2D eigenvalue weighted by Gasteiger charge is -2.23. The van der Waals surface area contributed by atoms with Crippen molar-refractivity contribution in [3.63, 3.8) is 0 Å². The van der Waals surface area contributed by atoms with Gasteiger partial charge in [-0.15, -0.1) is 0 Å². The maximum atomic E-state index is 12.7. The summed E-state index contributed by atoms with van der Waals surface area (Å²) in [6, 6.07) is 4.06. The molecule has 1 saturated heterocycles. The number of anilines is 2. The molecule has 1 N–H and O–H groups in total. The molecule has 0 aromatic carbocycles. The molecule has 7 heteroatoms. The van der Waals surface area contributed by atoms with E-state index >= 15 is 0 Å². The van der Waals surface area contributed by atoms with Crippen LogP contribution in [0.15, 0.2) is 35.5 Å². The first-order valence-electron chi connectivity index (χ1n) is 8.47. The van der Waals surface area contributed by atoms with Crippen LogP contribution >= 0.6 is 0 Å². The zero-order chi connectivity index (χ0) is 17.4. The van der Waals surface area contributed by atoms with E-state index in [9.17, 15) is 4.79 Å². The van der Waals surface area contributed by atoms with Crippen LogP contribution in [-0.2, 0) is 11.8 Å². The Kier molecular flexibility index (Phi) is 4.01. The summed E-state index contributed by atoms with van der Waals surface area (Å²) in [7, 11) is 1.79. The number of nitrogens with one attached hydrogen (secondary N) is 1. The van der Waals surface area contributed by atoms with Crippen molar-refractivity contribution in [1.29, 1.82) is 0 Å². The Labute approximate surface area is 145 Å². The normalized spacial score (nSPS) is 15.6. The number of nitrogens with zero attached hydrogens (tertiary/aromatic N) is 4. The van der Waals surface area contributed by atoms with Crippen LogP contribution in [-0.4, -0.2) is 32.3 Å². The second-order valence-electron chi connectivity index (χ2n) is 6.43. The Hall–Kier alpha value is -2.67. The highest BCUT2D eigenvalue weighted by Crippen LogP contribution is 2.26. The molecule has 25 heavy (non-hydrogen) atoms. The summed E-state index contributed by atoms with van der Waals surface area (Å²) in [6.45, 7) is 3.40. The molecule has 4 heterocycles. The molecule has 1 aliphatic heterocycles. The van der Waals surface area contributed by atoms with Crippen LogP contribution in [0.4, 0.5) is 11.5 Å². The third-order valence-corrected chi connectivity index (χ3v) is 4.83. The van der Waals surface area contributed by atoms with E-state index in [1.54, 1.807) is 30.2 Å². The van der Waals surface area contributed by atoms with Gasteiger partial charge in [-0.05, 0) is 31.4 Å². The molecule has 3 aromatic heterocycles. The van der Waals surface area contributed by atoms with Gasteiger partial charge in [0, 0.05) is 38.6 Å². The molecule has 130 valence electrons. The van der Waals surface area contributed by atoms with Crippen molar-refractivity contribution in [3.05, 3.63) is 46.8 Å². The summed E-state index contributed by atoms with van der Waals surface area (Å²) < 4.78 is 9.00.